The lowest BCUT2D eigenvalue weighted by molar-refractivity contribution is 0.155. The number of rotatable bonds is 5. The third-order valence-corrected chi connectivity index (χ3v) is 2.35. The lowest BCUT2D eigenvalue weighted by Gasteiger charge is -2.02. The fraction of sp³-hybridized carbons (Fsp3) is 0.250. The molecule has 0 bridgehead atoms. The average Bonchev–Trinajstić information content (AvgIpc) is 2.77. The van der Waals surface area contributed by atoms with E-state index in [1.54, 1.807) is 37.4 Å². The molecule has 2 rings (SSSR count). The normalized spacial score (nSPS) is 10.5. The van der Waals surface area contributed by atoms with Gasteiger partial charge in [0.15, 0.2) is 5.76 Å². The van der Waals surface area contributed by atoms with Crippen LogP contribution >= 0.6 is 11.6 Å². The Bertz CT molecular complexity index is 467. The van der Waals surface area contributed by atoms with Crippen LogP contribution in [0.3, 0.4) is 0 Å². The van der Waals surface area contributed by atoms with Crippen LogP contribution in [0.5, 0.6) is 5.75 Å². The summed E-state index contributed by atoms with van der Waals surface area (Å²) in [5.41, 5.74) is 0.729. The molecule has 0 aliphatic heterocycles. The molecule has 0 fully saturated rings. The van der Waals surface area contributed by atoms with Gasteiger partial charge in [-0.15, -0.1) is 0 Å². The van der Waals surface area contributed by atoms with Crippen LogP contribution in [-0.4, -0.2) is 12.3 Å². The number of aromatic nitrogens is 1. The third kappa shape index (κ3) is 3.47. The quantitative estimate of drug-likeness (QED) is 0.822. The van der Waals surface area contributed by atoms with E-state index in [0.29, 0.717) is 24.0 Å². The van der Waals surface area contributed by atoms with E-state index in [-0.39, 0.29) is 0 Å². The van der Waals surface area contributed by atoms with Crippen LogP contribution in [0.4, 0.5) is 0 Å². The molecule has 5 heteroatoms. The highest BCUT2D eigenvalue weighted by Crippen LogP contribution is 2.17. The molecule has 0 unspecified atom stereocenters. The van der Waals surface area contributed by atoms with Gasteiger partial charge in [0.1, 0.15) is 24.7 Å². The van der Waals surface area contributed by atoms with Crippen molar-refractivity contribution in [3.05, 3.63) is 46.8 Å². The highest BCUT2D eigenvalue weighted by Gasteiger charge is 2.04. The van der Waals surface area contributed by atoms with Gasteiger partial charge in [-0.2, -0.15) is 0 Å². The first kappa shape index (κ1) is 12.0. The smallest absolute Gasteiger partial charge is 0.162 e. The molecule has 0 saturated heterocycles. The molecule has 17 heavy (non-hydrogen) atoms. The molecule has 0 aliphatic carbocycles. The fourth-order valence-electron chi connectivity index (χ4n) is 1.32. The SMILES string of the molecule is COCc1cc(COc2ccc(Cl)cc2)no1. The Balaban J connectivity index is 1.90. The first-order valence-electron chi connectivity index (χ1n) is 5.09. The van der Waals surface area contributed by atoms with E-state index in [1.165, 1.54) is 0 Å². The van der Waals surface area contributed by atoms with Crippen molar-refractivity contribution in [2.24, 2.45) is 0 Å². The van der Waals surface area contributed by atoms with Gasteiger partial charge in [0, 0.05) is 18.2 Å². The number of benzene rings is 1. The van der Waals surface area contributed by atoms with Crippen molar-refractivity contribution in [1.82, 2.24) is 5.16 Å². The standard InChI is InChI=1S/C12H12ClNO3/c1-15-8-12-6-10(14-17-12)7-16-11-4-2-9(13)3-5-11/h2-6H,7-8H2,1H3. The fourth-order valence-corrected chi connectivity index (χ4v) is 1.45. The second-order valence-corrected chi connectivity index (χ2v) is 3.90. The molecule has 0 spiro atoms. The number of halogens is 1. The van der Waals surface area contributed by atoms with Gasteiger partial charge in [0.2, 0.25) is 0 Å². The van der Waals surface area contributed by atoms with Gasteiger partial charge in [0.25, 0.3) is 0 Å². The van der Waals surface area contributed by atoms with Crippen LogP contribution in [0.1, 0.15) is 11.5 Å². The van der Waals surface area contributed by atoms with Crippen molar-refractivity contribution in [3.8, 4) is 5.75 Å². The highest BCUT2D eigenvalue weighted by molar-refractivity contribution is 6.30. The molecule has 1 heterocycles. The molecule has 4 nitrogen and oxygen atoms in total. The number of hydrogen-bond donors (Lipinski definition) is 0. The summed E-state index contributed by atoms with van der Waals surface area (Å²) in [4.78, 5) is 0. The number of ether oxygens (including phenoxy) is 2. The molecule has 90 valence electrons. The van der Waals surface area contributed by atoms with Crippen molar-refractivity contribution >= 4 is 11.6 Å². The van der Waals surface area contributed by atoms with Crippen molar-refractivity contribution in [1.29, 1.82) is 0 Å². The zero-order valence-electron chi connectivity index (χ0n) is 9.35. The van der Waals surface area contributed by atoms with E-state index in [4.69, 9.17) is 25.6 Å². The summed E-state index contributed by atoms with van der Waals surface area (Å²) in [5, 5.41) is 4.54. The van der Waals surface area contributed by atoms with Crippen LogP contribution in [0.25, 0.3) is 0 Å². The van der Waals surface area contributed by atoms with Gasteiger partial charge in [0.05, 0.1) is 0 Å². The van der Waals surface area contributed by atoms with Crippen LogP contribution in [0.2, 0.25) is 5.02 Å². The molecule has 2 aromatic rings. The summed E-state index contributed by atoms with van der Waals surface area (Å²) < 4.78 is 15.5. The zero-order valence-corrected chi connectivity index (χ0v) is 10.1. The number of hydrogen-bond acceptors (Lipinski definition) is 4. The summed E-state index contributed by atoms with van der Waals surface area (Å²) in [7, 11) is 1.60. The molecule has 1 aromatic carbocycles. The Labute approximate surface area is 104 Å². The maximum atomic E-state index is 5.77. The third-order valence-electron chi connectivity index (χ3n) is 2.09. The van der Waals surface area contributed by atoms with Gasteiger partial charge in [-0.05, 0) is 24.3 Å². The summed E-state index contributed by atoms with van der Waals surface area (Å²) in [5.74, 6) is 1.42. The van der Waals surface area contributed by atoms with E-state index in [2.05, 4.69) is 5.16 Å². The molecule has 0 aliphatic rings. The topological polar surface area (TPSA) is 44.5 Å². The van der Waals surface area contributed by atoms with E-state index in [0.717, 1.165) is 11.4 Å². The van der Waals surface area contributed by atoms with Gasteiger partial charge in [-0.25, -0.2) is 0 Å². The maximum Gasteiger partial charge on any atom is 0.162 e. The zero-order chi connectivity index (χ0) is 12.1. The van der Waals surface area contributed by atoms with E-state index in [9.17, 15) is 0 Å². The van der Waals surface area contributed by atoms with Crippen molar-refractivity contribution in [2.45, 2.75) is 13.2 Å². The van der Waals surface area contributed by atoms with Crippen LogP contribution in [-0.2, 0) is 18.0 Å². The monoisotopic (exact) mass is 253 g/mol. The van der Waals surface area contributed by atoms with Gasteiger partial charge >= 0.3 is 0 Å². The summed E-state index contributed by atoms with van der Waals surface area (Å²) in [6, 6.07) is 8.96. The van der Waals surface area contributed by atoms with Crippen molar-refractivity contribution in [2.75, 3.05) is 7.11 Å². The first-order chi connectivity index (χ1) is 8.28. The number of methoxy groups -OCH3 is 1. The Morgan fingerprint density at radius 1 is 1.24 bits per heavy atom. The number of nitrogens with zero attached hydrogens (tertiary/aromatic N) is 1. The summed E-state index contributed by atoms with van der Waals surface area (Å²) in [6.45, 7) is 0.767. The first-order valence-corrected chi connectivity index (χ1v) is 5.47. The largest absolute Gasteiger partial charge is 0.487 e. The maximum absolute atomic E-state index is 5.77. The van der Waals surface area contributed by atoms with Gasteiger partial charge in [-0.1, -0.05) is 16.8 Å². The minimum atomic E-state index is 0.356. The van der Waals surface area contributed by atoms with Crippen LogP contribution in [0, 0.1) is 0 Å². The Kier molecular flexibility index (Phi) is 4.01. The Hall–Kier alpha value is -1.52. The molecule has 0 amide bonds. The van der Waals surface area contributed by atoms with Crippen molar-refractivity contribution < 1.29 is 14.0 Å². The molecule has 0 N–H and O–H groups in total. The lowest BCUT2D eigenvalue weighted by Crippen LogP contribution is -1.95. The molecule has 1 aromatic heterocycles. The predicted molar refractivity (Wildman–Crippen MR) is 63.0 cm³/mol. The summed E-state index contributed by atoms with van der Waals surface area (Å²) in [6.07, 6.45) is 0. The predicted octanol–water partition coefficient (Wildman–Crippen LogP) is 3.05. The van der Waals surface area contributed by atoms with E-state index < -0.39 is 0 Å². The summed E-state index contributed by atoms with van der Waals surface area (Å²) >= 11 is 5.77. The highest BCUT2D eigenvalue weighted by atomic mass is 35.5. The Morgan fingerprint density at radius 3 is 2.71 bits per heavy atom. The molecular weight excluding hydrogens is 242 g/mol. The second kappa shape index (κ2) is 5.70. The van der Waals surface area contributed by atoms with Gasteiger partial charge in [-0.3, -0.25) is 0 Å². The van der Waals surface area contributed by atoms with Gasteiger partial charge < -0.3 is 14.0 Å². The molecule has 0 saturated carbocycles. The van der Waals surface area contributed by atoms with E-state index >= 15 is 0 Å². The second-order valence-electron chi connectivity index (χ2n) is 3.46. The minimum Gasteiger partial charge on any atom is -0.487 e. The minimum absolute atomic E-state index is 0.356. The van der Waals surface area contributed by atoms with Crippen LogP contribution < -0.4 is 4.74 Å². The molecule has 0 atom stereocenters. The molecule has 0 radical (unpaired) electrons. The van der Waals surface area contributed by atoms with Crippen LogP contribution in [0.15, 0.2) is 34.9 Å². The van der Waals surface area contributed by atoms with Crippen molar-refractivity contribution in [3.63, 3.8) is 0 Å². The lowest BCUT2D eigenvalue weighted by atomic mass is 10.3. The average molecular weight is 254 g/mol. The Morgan fingerprint density at radius 2 is 2.00 bits per heavy atom. The van der Waals surface area contributed by atoms with E-state index in [1.807, 2.05) is 0 Å². The molecular formula is C12H12ClNO3.